The van der Waals surface area contributed by atoms with Crippen LogP contribution in [-0.4, -0.2) is 54.8 Å². The minimum Gasteiger partial charge on any atom is -0.409 e. The predicted octanol–water partition coefficient (Wildman–Crippen LogP) is 0.591. The first kappa shape index (κ1) is 15.8. The van der Waals surface area contributed by atoms with Gasteiger partial charge in [0.25, 0.3) is 0 Å². The fourth-order valence-electron chi connectivity index (χ4n) is 2.42. The van der Waals surface area contributed by atoms with E-state index >= 15 is 0 Å². The van der Waals surface area contributed by atoms with Crippen LogP contribution in [0, 0.1) is 0 Å². The first-order valence-corrected chi connectivity index (χ1v) is 7.34. The van der Waals surface area contributed by atoms with Crippen LogP contribution >= 0.6 is 0 Å². The van der Waals surface area contributed by atoms with E-state index in [1.807, 2.05) is 24.3 Å². The largest absolute Gasteiger partial charge is 0.409 e. The van der Waals surface area contributed by atoms with Gasteiger partial charge >= 0.3 is 0 Å². The molecule has 0 aromatic heterocycles. The van der Waals surface area contributed by atoms with Gasteiger partial charge in [-0.25, -0.2) is 0 Å². The number of nitrogens with zero attached hydrogens (tertiary/aromatic N) is 2. The second-order valence-electron chi connectivity index (χ2n) is 5.20. The number of benzene rings is 1. The minimum atomic E-state index is 0.129. The lowest BCUT2D eigenvalue weighted by Crippen LogP contribution is -2.46. The molecule has 4 N–H and O–H groups in total. The summed E-state index contributed by atoms with van der Waals surface area (Å²) in [5.74, 6) is 0.129. The Balaban J connectivity index is 1.75. The molecule has 0 saturated carbocycles. The molecular weight excluding hydrogens is 268 g/mol. The molecular formula is C15H24N4O2. The third-order valence-corrected chi connectivity index (χ3v) is 3.73. The highest BCUT2D eigenvalue weighted by Gasteiger charge is 2.18. The fraction of sp³-hybridized carbons (Fsp3) is 0.533. The van der Waals surface area contributed by atoms with Gasteiger partial charge in [0.15, 0.2) is 5.84 Å². The molecule has 6 heteroatoms. The lowest BCUT2D eigenvalue weighted by Gasteiger charge is -2.32. The van der Waals surface area contributed by atoms with E-state index in [2.05, 4.69) is 22.3 Å². The number of nitrogens with two attached hydrogens (primary N) is 1. The Morgan fingerprint density at radius 3 is 2.90 bits per heavy atom. The van der Waals surface area contributed by atoms with E-state index in [9.17, 15) is 0 Å². The molecule has 6 nitrogen and oxygen atoms in total. The van der Waals surface area contributed by atoms with Crippen LogP contribution < -0.4 is 11.1 Å². The Labute approximate surface area is 125 Å². The van der Waals surface area contributed by atoms with E-state index in [0.29, 0.717) is 0 Å². The molecule has 1 saturated heterocycles. The number of rotatable bonds is 6. The monoisotopic (exact) mass is 292 g/mol. The molecule has 1 fully saturated rings. The lowest BCUT2D eigenvalue weighted by atomic mass is 10.1. The second-order valence-corrected chi connectivity index (χ2v) is 5.20. The van der Waals surface area contributed by atoms with Crippen molar-refractivity contribution < 1.29 is 9.94 Å². The molecule has 0 radical (unpaired) electrons. The quantitative estimate of drug-likeness (QED) is 0.309. The summed E-state index contributed by atoms with van der Waals surface area (Å²) >= 11 is 0. The summed E-state index contributed by atoms with van der Waals surface area (Å²) < 4.78 is 5.75. The molecule has 1 heterocycles. The highest BCUT2D eigenvalue weighted by atomic mass is 16.5. The standard InChI is InChI=1S/C15H24N4O2/c1-2-19-7-8-21-14(11-19)10-17-9-12-3-5-13(6-4-12)15(16)18-20/h3-6,14,17,20H,2,7-11H2,1H3,(H2,16,18). The third-order valence-electron chi connectivity index (χ3n) is 3.73. The molecule has 0 aliphatic carbocycles. The van der Waals surface area contributed by atoms with Crippen molar-refractivity contribution in [1.82, 2.24) is 10.2 Å². The molecule has 1 unspecified atom stereocenters. The Bertz CT molecular complexity index is 461. The summed E-state index contributed by atoms with van der Waals surface area (Å²) in [5, 5.41) is 15.0. The Hall–Kier alpha value is -1.63. The maximum atomic E-state index is 8.62. The van der Waals surface area contributed by atoms with Crippen molar-refractivity contribution in [3.63, 3.8) is 0 Å². The summed E-state index contributed by atoms with van der Waals surface area (Å²) in [6, 6.07) is 7.64. The van der Waals surface area contributed by atoms with E-state index < -0.39 is 0 Å². The van der Waals surface area contributed by atoms with Gasteiger partial charge in [0.05, 0.1) is 12.7 Å². The van der Waals surface area contributed by atoms with Gasteiger partial charge in [0.1, 0.15) is 0 Å². The van der Waals surface area contributed by atoms with Crippen LogP contribution in [0.2, 0.25) is 0 Å². The molecule has 1 aromatic rings. The molecule has 1 atom stereocenters. The van der Waals surface area contributed by atoms with Crippen molar-refractivity contribution >= 4 is 5.84 Å². The second kappa shape index (κ2) is 7.97. The minimum absolute atomic E-state index is 0.129. The topological polar surface area (TPSA) is 83.1 Å². The summed E-state index contributed by atoms with van der Waals surface area (Å²) in [7, 11) is 0. The molecule has 1 aliphatic rings. The highest BCUT2D eigenvalue weighted by molar-refractivity contribution is 5.96. The Kier molecular flexibility index (Phi) is 5.98. The maximum absolute atomic E-state index is 8.62. The van der Waals surface area contributed by atoms with E-state index in [1.165, 1.54) is 0 Å². The van der Waals surface area contributed by atoms with Crippen LogP contribution in [0.1, 0.15) is 18.1 Å². The number of oxime groups is 1. The van der Waals surface area contributed by atoms with E-state index in [4.69, 9.17) is 15.7 Å². The van der Waals surface area contributed by atoms with Crippen molar-refractivity contribution in [3.05, 3.63) is 35.4 Å². The number of hydrogen-bond donors (Lipinski definition) is 3. The van der Waals surface area contributed by atoms with Crippen LogP contribution in [0.5, 0.6) is 0 Å². The van der Waals surface area contributed by atoms with Gasteiger partial charge in [-0.2, -0.15) is 0 Å². The zero-order valence-corrected chi connectivity index (χ0v) is 12.5. The molecule has 21 heavy (non-hydrogen) atoms. The molecule has 0 amide bonds. The molecule has 1 aromatic carbocycles. The third kappa shape index (κ3) is 4.70. The highest BCUT2D eigenvalue weighted by Crippen LogP contribution is 2.06. The van der Waals surface area contributed by atoms with Gasteiger partial charge in [0.2, 0.25) is 0 Å². The van der Waals surface area contributed by atoms with Gasteiger partial charge in [-0.05, 0) is 12.1 Å². The Morgan fingerprint density at radius 2 is 2.24 bits per heavy atom. The van der Waals surface area contributed by atoms with E-state index in [-0.39, 0.29) is 11.9 Å². The zero-order valence-electron chi connectivity index (χ0n) is 12.5. The number of hydrogen-bond acceptors (Lipinski definition) is 5. The number of likely N-dealkylation sites (N-methyl/N-ethyl adjacent to an activating group) is 1. The molecule has 2 rings (SSSR count). The lowest BCUT2D eigenvalue weighted by molar-refractivity contribution is -0.0253. The zero-order chi connectivity index (χ0) is 15.1. The van der Waals surface area contributed by atoms with Gasteiger partial charge in [-0.3, -0.25) is 4.90 Å². The summed E-state index contributed by atoms with van der Waals surface area (Å²) in [4.78, 5) is 2.40. The molecule has 1 aliphatic heterocycles. The van der Waals surface area contributed by atoms with E-state index in [1.54, 1.807) is 0 Å². The van der Waals surface area contributed by atoms with Crippen LogP contribution in [0.4, 0.5) is 0 Å². The van der Waals surface area contributed by atoms with Crippen molar-refractivity contribution in [3.8, 4) is 0 Å². The predicted molar refractivity (Wildman–Crippen MR) is 82.5 cm³/mol. The van der Waals surface area contributed by atoms with Crippen LogP contribution in [-0.2, 0) is 11.3 Å². The van der Waals surface area contributed by atoms with Gasteiger partial charge < -0.3 is 21.0 Å². The smallest absolute Gasteiger partial charge is 0.170 e. The van der Waals surface area contributed by atoms with Gasteiger partial charge in [-0.1, -0.05) is 36.3 Å². The van der Waals surface area contributed by atoms with Crippen molar-refractivity contribution in [1.29, 1.82) is 0 Å². The van der Waals surface area contributed by atoms with Crippen molar-refractivity contribution in [2.75, 3.05) is 32.8 Å². The fourth-order valence-corrected chi connectivity index (χ4v) is 2.42. The maximum Gasteiger partial charge on any atom is 0.170 e. The van der Waals surface area contributed by atoms with Gasteiger partial charge in [-0.15, -0.1) is 0 Å². The average Bonchev–Trinajstić information content (AvgIpc) is 2.55. The van der Waals surface area contributed by atoms with Crippen LogP contribution in [0.25, 0.3) is 0 Å². The number of nitrogens with one attached hydrogen (secondary N) is 1. The van der Waals surface area contributed by atoms with Gasteiger partial charge in [0, 0.05) is 31.7 Å². The Morgan fingerprint density at radius 1 is 1.48 bits per heavy atom. The molecule has 0 bridgehead atoms. The first-order chi connectivity index (χ1) is 10.2. The first-order valence-electron chi connectivity index (χ1n) is 7.34. The van der Waals surface area contributed by atoms with Crippen molar-refractivity contribution in [2.45, 2.75) is 19.6 Å². The van der Waals surface area contributed by atoms with Crippen LogP contribution in [0.3, 0.4) is 0 Å². The summed E-state index contributed by atoms with van der Waals surface area (Å²) in [6.07, 6.45) is 0.259. The average molecular weight is 292 g/mol. The SMILES string of the molecule is CCN1CCOC(CNCc2ccc(/C(N)=N/O)cc2)C1. The summed E-state index contributed by atoms with van der Waals surface area (Å²) in [6.45, 7) is 7.72. The molecule has 116 valence electrons. The van der Waals surface area contributed by atoms with E-state index in [0.717, 1.165) is 50.5 Å². The molecule has 0 spiro atoms. The summed E-state index contributed by atoms with van der Waals surface area (Å²) in [5.41, 5.74) is 7.41. The number of morpholine rings is 1. The number of amidine groups is 1. The van der Waals surface area contributed by atoms with Crippen molar-refractivity contribution in [2.24, 2.45) is 10.9 Å². The van der Waals surface area contributed by atoms with Crippen LogP contribution in [0.15, 0.2) is 29.4 Å². The number of ether oxygens (including phenoxy) is 1. The normalized spacial score (nSPS) is 20.6.